The molecule has 34 heteroatoms. The highest BCUT2D eigenvalue weighted by molar-refractivity contribution is 5.21. The fourth-order valence-electron chi connectivity index (χ4n) is 2.74. The topological polar surface area (TPSA) is 20.2 Å². The quantitative estimate of drug-likeness (QED) is 0.183. The normalized spacial score (nSPS) is 18.4. The van der Waals surface area contributed by atoms with Gasteiger partial charge in [0.15, 0.2) is 0 Å². The zero-order chi connectivity index (χ0) is 42.0. The Morgan fingerprint density at radius 1 is 0.160 bits per heavy atom. The molecule has 50 heavy (non-hydrogen) atoms. The Balaban J connectivity index is 7.70. The summed E-state index contributed by atoms with van der Waals surface area (Å²) in [6, 6.07) is 0. The van der Waals surface area contributed by atoms with E-state index in [0.29, 0.717) is 0 Å². The van der Waals surface area contributed by atoms with Crippen LogP contribution >= 0.6 is 0 Å². The molecule has 1 atom stereocenters. The van der Waals surface area contributed by atoms with Crippen molar-refractivity contribution in [2.24, 2.45) is 0 Å². The zero-order valence-corrected chi connectivity index (χ0v) is 20.9. The molecule has 0 aliphatic carbocycles. The summed E-state index contributed by atoms with van der Waals surface area (Å²) in [4.78, 5) is 0. The summed E-state index contributed by atoms with van der Waals surface area (Å²) in [6.07, 6.45) is -16.7. The maximum absolute atomic E-state index is 13.7. The van der Waals surface area contributed by atoms with E-state index in [2.05, 4.69) is 0 Å². The molecule has 0 bridgehead atoms. The number of hydrogen-bond acceptors (Lipinski definition) is 1. The second-order valence-corrected chi connectivity index (χ2v) is 9.08. The van der Waals surface area contributed by atoms with E-state index in [1.54, 1.807) is 0 Å². The minimum Gasteiger partial charge on any atom is -0.352 e. The summed E-state index contributed by atoms with van der Waals surface area (Å²) in [5.41, 5.74) is 0. The van der Waals surface area contributed by atoms with Crippen molar-refractivity contribution in [2.45, 2.75) is 95.2 Å². The molecule has 0 aliphatic rings. The molecule has 0 heterocycles. The predicted octanol–water partition coefficient (Wildman–Crippen LogP) is 10.0. The van der Waals surface area contributed by atoms with Crippen LogP contribution in [0.5, 0.6) is 0 Å². The van der Waals surface area contributed by atoms with Crippen molar-refractivity contribution in [3.63, 3.8) is 0 Å². The highest BCUT2D eigenvalue weighted by Gasteiger charge is 3.01. The van der Waals surface area contributed by atoms with Crippen LogP contribution in [-0.2, 0) is 0 Å². The van der Waals surface area contributed by atoms with Gasteiger partial charge in [0.2, 0.25) is 0 Å². The molecule has 0 saturated heterocycles. The largest absolute Gasteiger partial charge is 0.460 e. The molecule has 0 saturated carbocycles. The lowest BCUT2D eigenvalue weighted by atomic mass is 9.82. The Kier molecular flexibility index (Phi) is 10.6. The standard InChI is InChI=1S/C16HF33O/c17-1(18,3(21,22)5(25,26)7(29,30)9(33,34)12(39,40)15(44,45)46)2(19,20)4(23,24)6(27,28)8(31,32)10(35,36)14(43,50)11(37,38)13(41,42)16(47,48)49/h50H. The van der Waals surface area contributed by atoms with Gasteiger partial charge in [-0.2, -0.15) is 145 Å². The Morgan fingerprint density at radius 3 is 0.420 bits per heavy atom. The van der Waals surface area contributed by atoms with Gasteiger partial charge in [-0.1, -0.05) is 0 Å². The van der Waals surface area contributed by atoms with Crippen LogP contribution in [0, 0.1) is 0 Å². The Morgan fingerprint density at radius 2 is 0.260 bits per heavy atom. The van der Waals surface area contributed by atoms with E-state index in [4.69, 9.17) is 5.11 Å². The second kappa shape index (κ2) is 11.1. The van der Waals surface area contributed by atoms with Gasteiger partial charge in [-0.15, -0.1) is 0 Å². The van der Waals surface area contributed by atoms with E-state index < -0.39 is 95.2 Å². The fraction of sp³-hybridized carbons (Fsp3) is 1.00. The van der Waals surface area contributed by atoms with Crippen LogP contribution in [0.3, 0.4) is 0 Å². The lowest BCUT2D eigenvalue weighted by molar-refractivity contribution is -0.498. The van der Waals surface area contributed by atoms with Crippen molar-refractivity contribution < 1.29 is 150 Å². The molecule has 0 fully saturated rings. The number of rotatable bonds is 13. The summed E-state index contributed by atoms with van der Waals surface area (Å²) < 4.78 is 434. The van der Waals surface area contributed by atoms with Gasteiger partial charge in [-0.3, -0.25) is 0 Å². The molecule has 0 aromatic carbocycles. The molecule has 1 nitrogen and oxygen atoms in total. The van der Waals surface area contributed by atoms with Crippen molar-refractivity contribution in [2.75, 3.05) is 0 Å². The SMILES string of the molecule is OC(F)(C(F)(F)C(F)(F)C(F)(F)F)C(F)(F)C(F)(F)C(F)(F)C(F)(F)C(F)(F)C(F)(F)C(F)(F)C(F)(F)C(F)(F)C(F)(F)C(F)(F)C(F)(F)F. The van der Waals surface area contributed by atoms with Crippen LogP contribution in [0.4, 0.5) is 145 Å². The number of halogens is 33. The van der Waals surface area contributed by atoms with Gasteiger partial charge in [-0.05, 0) is 0 Å². The van der Waals surface area contributed by atoms with Gasteiger partial charge in [0.25, 0.3) is 0 Å². The summed E-state index contributed by atoms with van der Waals surface area (Å²) in [5, 5.41) is 8.07. The van der Waals surface area contributed by atoms with E-state index in [9.17, 15) is 145 Å². The first-order chi connectivity index (χ1) is 20.8. The first-order valence-electron chi connectivity index (χ1n) is 10.2. The van der Waals surface area contributed by atoms with Crippen LogP contribution in [0.2, 0.25) is 0 Å². The minimum absolute atomic E-state index is 8.07. The van der Waals surface area contributed by atoms with E-state index in [1.807, 2.05) is 0 Å². The van der Waals surface area contributed by atoms with Crippen molar-refractivity contribution in [3.8, 4) is 0 Å². The first-order valence-corrected chi connectivity index (χ1v) is 10.2. The maximum Gasteiger partial charge on any atom is 0.460 e. The van der Waals surface area contributed by atoms with E-state index in [1.165, 1.54) is 0 Å². The minimum atomic E-state index is -10.2. The summed E-state index contributed by atoms with van der Waals surface area (Å²) in [7, 11) is 0. The zero-order valence-electron chi connectivity index (χ0n) is 20.9. The number of hydrogen-bond donors (Lipinski definition) is 1. The molecule has 0 radical (unpaired) electrons. The molecule has 0 aromatic heterocycles. The van der Waals surface area contributed by atoms with Gasteiger partial charge in [-0.25, -0.2) is 0 Å². The van der Waals surface area contributed by atoms with Crippen LogP contribution in [-0.4, -0.2) is 100 Å². The van der Waals surface area contributed by atoms with Crippen LogP contribution in [0.1, 0.15) is 0 Å². The molecule has 0 amide bonds. The highest BCUT2D eigenvalue weighted by atomic mass is 19.4. The van der Waals surface area contributed by atoms with Crippen LogP contribution in [0.25, 0.3) is 0 Å². The second-order valence-electron chi connectivity index (χ2n) is 9.08. The van der Waals surface area contributed by atoms with Crippen LogP contribution < -0.4 is 0 Å². The molecule has 1 unspecified atom stereocenters. The molecule has 302 valence electrons. The molecule has 0 aromatic rings. The third kappa shape index (κ3) is 5.17. The summed E-state index contributed by atoms with van der Waals surface area (Å²) >= 11 is 0. The van der Waals surface area contributed by atoms with E-state index >= 15 is 0 Å². The average Bonchev–Trinajstić information content (AvgIpc) is 2.85. The monoisotopic (exact) mass is 836 g/mol. The van der Waals surface area contributed by atoms with Gasteiger partial charge in [0.05, 0.1) is 0 Å². The number of alkyl halides is 33. The first kappa shape index (κ1) is 47.7. The lowest BCUT2D eigenvalue weighted by Crippen LogP contribution is -2.80. The molecule has 1 N–H and O–H groups in total. The average molecular weight is 836 g/mol. The Hall–Kier alpha value is -2.35. The van der Waals surface area contributed by atoms with E-state index in [0.717, 1.165) is 0 Å². The third-order valence-electron chi connectivity index (χ3n) is 5.88. The highest BCUT2D eigenvalue weighted by Crippen LogP contribution is 2.69. The number of aliphatic hydroxyl groups is 1. The smallest absolute Gasteiger partial charge is 0.352 e. The molecular formula is C16HF33O. The van der Waals surface area contributed by atoms with Crippen molar-refractivity contribution >= 4 is 0 Å². The molecule has 0 rings (SSSR count). The molecular weight excluding hydrogens is 835 g/mol. The van der Waals surface area contributed by atoms with Crippen LogP contribution in [0.15, 0.2) is 0 Å². The Bertz CT molecular complexity index is 1150. The van der Waals surface area contributed by atoms with Gasteiger partial charge in [0.1, 0.15) is 0 Å². The van der Waals surface area contributed by atoms with Crippen molar-refractivity contribution in [1.29, 1.82) is 0 Å². The Labute approximate surface area is 246 Å². The third-order valence-corrected chi connectivity index (χ3v) is 5.88. The maximum atomic E-state index is 13.7. The fourth-order valence-corrected chi connectivity index (χ4v) is 2.74. The van der Waals surface area contributed by atoms with Crippen molar-refractivity contribution in [3.05, 3.63) is 0 Å². The van der Waals surface area contributed by atoms with Gasteiger partial charge in [0, 0.05) is 0 Å². The van der Waals surface area contributed by atoms with Gasteiger partial charge >= 0.3 is 95.2 Å². The predicted molar refractivity (Wildman–Crippen MR) is 82.5 cm³/mol. The molecule has 0 spiro atoms. The summed E-state index contributed by atoms with van der Waals surface area (Å²) in [5.74, 6) is -135. The lowest BCUT2D eigenvalue weighted by Gasteiger charge is -2.47. The molecule has 0 aliphatic heterocycles. The summed E-state index contributed by atoms with van der Waals surface area (Å²) in [6.45, 7) is 0. The van der Waals surface area contributed by atoms with Crippen molar-refractivity contribution in [1.82, 2.24) is 0 Å². The van der Waals surface area contributed by atoms with Gasteiger partial charge < -0.3 is 5.11 Å². The van der Waals surface area contributed by atoms with E-state index in [-0.39, 0.29) is 0 Å².